The van der Waals surface area contributed by atoms with E-state index in [-0.39, 0.29) is 0 Å². The molecule has 0 saturated carbocycles. The first-order valence-corrected chi connectivity index (χ1v) is 8.29. The summed E-state index contributed by atoms with van der Waals surface area (Å²) in [5.74, 6) is 0. The third kappa shape index (κ3) is 1.88. The molecule has 24 heavy (non-hydrogen) atoms. The van der Waals surface area contributed by atoms with Crippen LogP contribution in [0.15, 0.2) is 78.9 Å². The fourth-order valence-corrected chi connectivity index (χ4v) is 3.73. The van der Waals surface area contributed by atoms with Crippen LogP contribution in [0.1, 0.15) is 0 Å². The number of anilines is 1. The molecule has 1 N–H and O–H groups in total. The Morgan fingerprint density at radius 3 is 1.88 bits per heavy atom. The Morgan fingerprint density at radius 2 is 1.12 bits per heavy atom. The molecule has 1 nitrogen and oxygen atoms in total. The van der Waals surface area contributed by atoms with E-state index in [1.807, 2.05) is 7.05 Å². The second-order valence-electron chi connectivity index (χ2n) is 6.33. The number of hydrogen-bond acceptors (Lipinski definition) is 1. The van der Waals surface area contributed by atoms with E-state index in [4.69, 9.17) is 0 Å². The van der Waals surface area contributed by atoms with Gasteiger partial charge >= 0.3 is 0 Å². The third-order valence-electron chi connectivity index (χ3n) is 4.99. The predicted octanol–water partition coefficient (Wildman–Crippen LogP) is 6.34. The van der Waals surface area contributed by atoms with Gasteiger partial charge in [0.25, 0.3) is 0 Å². The lowest BCUT2D eigenvalue weighted by Gasteiger charge is -2.10. The van der Waals surface area contributed by atoms with Crippen molar-refractivity contribution in [2.75, 3.05) is 12.4 Å². The minimum Gasteiger partial charge on any atom is -0.388 e. The summed E-state index contributed by atoms with van der Waals surface area (Å²) in [6.07, 6.45) is 0. The zero-order chi connectivity index (χ0) is 16.1. The molecular weight excluding hydrogens is 290 g/mol. The highest BCUT2D eigenvalue weighted by Crippen LogP contribution is 2.34. The molecule has 0 amide bonds. The molecule has 5 aromatic rings. The van der Waals surface area contributed by atoms with Crippen LogP contribution in [-0.2, 0) is 0 Å². The molecular formula is C23H17N. The van der Waals surface area contributed by atoms with E-state index in [2.05, 4.69) is 84.2 Å². The van der Waals surface area contributed by atoms with Crippen LogP contribution in [-0.4, -0.2) is 7.05 Å². The maximum absolute atomic E-state index is 3.22. The highest BCUT2D eigenvalue weighted by Gasteiger charge is 2.06. The van der Waals surface area contributed by atoms with Crippen molar-refractivity contribution in [1.29, 1.82) is 0 Å². The van der Waals surface area contributed by atoms with Crippen molar-refractivity contribution < 1.29 is 0 Å². The van der Waals surface area contributed by atoms with Crippen molar-refractivity contribution in [3.05, 3.63) is 78.9 Å². The molecule has 0 heterocycles. The van der Waals surface area contributed by atoms with Gasteiger partial charge in [0.05, 0.1) is 0 Å². The second kappa shape index (κ2) is 4.97. The van der Waals surface area contributed by atoms with Gasteiger partial charge in [-0.15, -0.1) is 0 Å². The summed E-state index contributed by atoms with van der Waals surface area (Å²) in [6, 6.07) is 28.7. The smallest absolute Gasteiger partial charge is 0.0344 e. The summed E-state index contributed by atoms with van der Waals surface area (Å²) in [5.41, 5.74) is 1.15. The zero-order valence-electron chi connectivity index (χ0n) is 13.5. The third-order valence-corrected chi connectivity index (χ3v) is 4.99. The Bertz CT molecular complexity index is 1230. The van der Waals surface area contributed by atoms with E-state index in [0.717, 1.165) is 5.69 Å². The standard InChI is InChI=1S/C23H17N/c1-24-19-8-11-20-18(13-19)7-10-22-21(20)9-6-17-12-15-4-2-3-5-16(15)14-23(17)22/h2-14,24H,1H3. The molecule has 0 unspecified atom stereocenters. The largest absolute Gasteiger partial charge is 0.388 e. The van der Waals surface area contributed by atoms with Crippen LogP contribution in [0.4, 0.5) is 5.69 Å². The Balaban J connectivity index is 1.93. The van der Waals surface area contributed by atoms with E-state index in [1.54, 1.807) is 0 Å². The summed E-state index contributed by atoms with van der Waals surface area (Å²) in [7, 11) is 1.96. The highest BCUT2D eigenvalue weighted by molar-refractivity contribution is 6.19. The van der Waals surface area contributed by atoms with E-state index >= 15 is 0 Å². The van der Waals surface area contributed by atoms with Crippen LogP contribution in [0.25, 0.3) is 43.1 Å². The highest BCUT2D eigenvalue weighted by atomic mass is 14.8. The second-order valence-corrected chi connectivity index (χ2v) is 6.33. The minimum atomic E-state index is 1.15. The number of nitrogens with one attached hydrogen (secondary N) is 1. The van der Waals surface area contributed by atoms with Gasteiger partial charge in [0, 0.05) is 12.7 Å². The first-order valence-electron chi connectivity index (χ1n) is 8.29. The molecule has 5 aromatic carbocycles. The van der Waals surface area contributed by atoms with Gasteiger partial charge in [-0.1, -0.05) is 54.6 Å². The van der Waals surface area contributed by atoms with Gasteiger partial charge in [-0.3, -0.25) is 0 Å². The van der Waals surface area contributed by atoms with Crippen LogP contribution in [0.5, 0.6) is 0 Å². The topological polar surface area (TPSA) is 12.0 Å². The Kier molecular flexibility index (Phi) is 2.77. The van der Waals surface area contributed by atoms with Crippen LogP contribution < -0.4 is 5.32 Å². The van der Waals surface area contributed by atoms with Crippen LogP contribution >= 0.6 is 0 Å². The van der Waals surface area contributed by atoms with Crippen molar-refractivity contribution in [1.82, 2.24) is 0 Å². The van der Waals surface area contributed by atoms with E-state index in [1.165, 1.54) is 43.1 Å². The lowest BCUT2D eigenvalue weighted by atomic mass is 9.95. The maximum atomic E-state index is 3.22. The Morgan fingerprint density at radius 1 is 0.500 bits per heavy atom. The van der Waals surface area contributed by atoms with Gasteiger partial charge < -0.3 is 5.32 Å². The van der Waals surface area contributed by atoms with Gasteiger partial charge in [-0.2, -0.15) is 0 Å². The molecule has 0 radical (unpaired) electrons. The normalized spacial score (nSPS) is 11.5. The number of rotatable bonds is 1. The van der Waals surface area contributed by atoms with Gasteiger partial charge in [0.15, 0.2) is 0 Å². The maximum Gasteiger partial charge on any atom is 0.0344 e. The molecule has 0 aliphatic rings. The van der Waals surface area contributed by atoms with E-state index in [0.29, 0.717) is 0 Å². The fourth-order valence-electron chi connectivity index (χ4n) is 3.73. The van der Waals surface area contributed by atoms with Crippen LogP contribution in [0, 0.1) is 0 Å². The lowest BCUT2D eigenvalue weighted by Crippen LogP contribution is -1.87. The SMILES string of the molecule is CNc1ccc2c(ccc3c4cc5ccccc5cc4ccc23)c1. The van der Waals surface area contributed by atoms with E-state index in [9.17, 15) is 0 Å². The monoisotopic (exact) mass is 307 g/mol. The minimum absolute atomic E-state index is 1.15. The molecule has 0 saturated heterocycles. The molecule has 0 aliphatic carbocycles. The zero-order valence-corrected chi connectivity index (χ0v) is 13.5. The number of benzene rings is 5. The van der Waals surface area contributed by atoms with Crippen LogP contribution in [0.3, 0.4) is 0 Å². The van der Waals surface area contributed by atoms with Gasteiger partial charge in [0.2, 0.25) is 0 Å². The number of fused-ring (bicyclic) bond motifs is 6. The average molecular weight is 307 g/mol. The van der Waals surface area contributed by atoms with Gasteiger partial charge in [-0.25, -0.2) is 0 Å². The van der Waals surface area contributed by atoms with Crippen molar-refractivity contribution in [3.63, 3.8) is 0 Å². The molecule has 1 heteroatoms. The predicted molar refractivity (Wildman–Crippen MR) is 106 cm³/mol. The van der Waals surface area contributed by atoms with Gasteiger partial charge in [0.1, 0.15) is 0 Å². The first-order chi connectivity index (χ1) is 11.8. The molecule has 5 rings (SSSR count). The molecule has 0 atom stereocenters. The average Bonchev–Trinajstić information content (AvgIpc) is 2.65. The van der Waals surface area contributed by atoms with Crippen molar-refractivity contribution in [2.24, 2.45) is 0 Å². The Labute approximate surface area is 140 Å². The summed E-state index contributed by atoms with van der Waals surface area (Å²) in [4.78, 5) is 0. The van der Waals surface area contributed by atoms with Crippen molar-refractivity contribution in [2.45, 2.75) is 0 Å². The summed E-state index contributed by atoms with van der Waals surface area (Å²) >= 11 is 0. The van der Waals surface area contributed by atoms with E-state index < -0.39 is 0 Å². The number of hydrogen-bond donors (Lipinski definition) is 1. The lowest BCUT2D eigenvalue weighted by molar-refractivity contribution is 1.54. The molecule has 0 fully saturated rings. The quantitative estimate of drug-likeness (QED) is 0.281. The van der Waals surface area contributed by atoms with Gasteiger partial charge in [-0.05, 0) is 67.4 Å². The molecule has 114 valence electrons. The molecule has 0 spiro atoms. The Hall–Kier alpha value is -3.06. The molecule has 0 bridgehead atoms. The van der Waals surface area contributed by atoms with Crippen LogP contribution in [0.2, 0.25) is 0 Å². The van der Waals surface area contributed by atoms with Crippen molar-refractivity contribution in [3.8, 4) is 0 Å². The summed E-state index contributed by atoms with van der Waals surface area (Å²) < 4.78 is 0. The molecule has 0 aromatic heterocycles. The molecule has 0 aliphatic heterocycles. The summed E-state index contributed by atoms with van der Waals surface area (Å²) in [6.45, 7) is 0. The summed E-state index contributed by atoms with van der Waals surface area (Å²) in [5, 5.41) is 13.6. The fraction of sp³-hybridized carbons (Fsp3) is 0.0435. The first kappa shape index (κ1) is 13.4. The van der Waals surface area contributed by atoms with Crippen molar-refractivity contribution >= 4 is 48.8 Å².